The minimum Gasteiger partial charge on any atom is -0.494 e. The van der Waals surface area contributed by atoms with E-state index >= 15 is 0 Å². The Bertz CT molecular complexity index is 750. The molecule has 0 aliphatic carbocycles. The highest BCUT2D eigenvalue weighted by molar-refractivity contribution is 6.01. The molecule has 0 fully saturated rings. The van der Waals surface area contributed by atoms with Gasteiger partial charge in [-0.05, 0) is 54.8 Å². The SMILES string of the molecule is CCOc1ccc(/C=C/C(=O)Nc2ccc(CCC(=O)NC)cc2)cc1. The molecule has 0 saturated heterocycles. The van der Waals surface area contributed by atoms with Gasteiger partial charge in [-0.15, -0.1) is 0 Å². The fourth-order valence-electron chi connectivity index (χ4n) is 2.34. The summed E-state index contributed by atoms with van der Waals surface area (Å²) in [5.41, 5.74) is 2.69. The second kappa shape index (κ2) is 10.0. The number of ether oxygens (including phenoxy) is 1. The Morgan fingerprint density at radius 2 is 1.73 bits per heavy atom. The van der Waals surface area contributed by atoms with Crippen LogP contribution < -0.4 is 15.4 Å². The van der Waals surface area contributed by atoms with Gasteiger partial charge in [-0.2, -0.15) is 0 Å². The topological polar surface area (TPSA) is 67.4 Å². The van der Waals surface area contributed by atoms with Gasteiger partial charge in [0.05, 0.1) is 6.61 Å². The highest BCUT2D eigenvalue weighted by Gasteiger charge is 2.01. The predicted molar refractivity (Wildman–Crippen MR) is 104 cm³/mol. The molecule has 0 atom stereocenters. The van der Waals surface area contributed by atoms with Crippen LogP contribution in [0.2, 0.25) is 0 Å². The summed E-state index contributed by atoms with van der Waals surface area (Å²) in [6.45, 7) is 2.56. The van der Waals surface area contributed by atoms with Crippen LogP contribution in [0.25, 0.3) is 6.08 Å². The van der Waals surface area contributed by atoms with Gasteiger partial charge in [-0.25, -0.2) is 0 Å². The molecule has 0 aliphatic rings. The summed E-state index contributed by atoms with van der Waals surface area (Å²) >= 11 is 0. The molecular weight excluding hydrogens is 328 g/mol. The molecular formula is C21H24N2O3. The van der Waals surface area contributed by atoms with Crippen LogP contribution in [0.4, 0.5) is 5.69 Å². The maximum Gasteiger partial charge on any atom is 0.248 e. The summed E-state index contributed by atoms with van der Waals surface area (Å²) in [7, 11) is 1.63. The van der Waals surface area contributed by atoms with E-state index in [0.29, 0.717) is 19.4 Å². The van der Waals surface area contributed by atoms with Crippen LogP contribution in [0.1, 0.15) is 24.5 Å². The molecule has 136 valence electrons. The number of carbonyl (C=O) groups excluding carboxylic acids is 2. The van der Waals surface area contributed by atoms with Crippen molar-refractivity contribution in [2.75, 3.05) is 19.0 Å². The van der Waals surface area contributed by atoms with Crippen LogP contribution >= 0.6 is 0 Å². The molecule has 0 saturated carbocycles. The first-order valence-electron chi connectivity index (χ1n) is 8.62. The summed E-state index contributed by atoms with van der Waals surface area (Å²) in [6, 6.07) is 15.0. The molecule has 2 rings (SSSR count). The van der Waals surface area contributed by atoms with Crippen LogP contribution in [-0.4, -0.2) is 25.5 Å². The number of hydrogen-bond donors (Lipinski definition) is 2. The molecule has 0 unspecified atom stereocenters. The Hall–Kier alpha value is -3.08. The zero-order valence-electron chi connectivity index (χ0n) is 15.1. The molecule has 5 nitrogen and oxygen atoms in total. The summed E-state index contributed by atoms with van der Waals surface area (Å²) in [5.74, 6) is 0.629. The minimum atomic E-state index is -0.197. The van der Waals surface area contributed by atoms with Crippen LogP contribution in [-0.2, 0) is 16.0 Å². The Balaban J connectivity index is 1.85. The smallest absolute Gasteiger partial charge is 0.248 e. The monoisotopic (exact) mass is 352 g/mol. The second-order valence-electron chi connectivity index (χ2n) is 5.69. The van der Waals surface area contributed by atoms with Crippen LogP contribution in [0.3, 0.4) is 0 Å². The Kier molecular flexibility index (Phi) is 7.43. The third-order valence-electron chi connectivity index (χ3n) is 3.76. The van der Waals surface area contributed by atoms with Gasteiger partial charge >= 0.3 is 0 Å². The van der Waals surface area contributed by atoms with E-state index in [9.17, 15) is 9.59 Å². The maximum atomic E-state index is 12.0. The largest absolute Gasteiger partial charge is 0.494 e. The Morgan fingerprint density at radius 3 is 2.35 bits per heavy atom. The van der Waals surface area contributed by atoms with E-state index < -0.39 is 0 Å². The van der Waals surface area contributed by atoms with E-state index in [1.165, 1.54) is 6.08 Å². The average molecular weight is 352 g/mol. The van der Waals surface area contributed by atoms with Crippen molar-refractivity contribution < 1.29 is 14.3 Å². The van der Waals surface area contributed by atoms with Crippen molar-refractivity contribution in [2.45, 2.75) is 19.8 Å². The van der Waals surface area contributed by atoms with Gasteiger partial charge in [0.25, 0.3) is 0 Å². The summed E-state index contributed by atoms with van der Waals surface area (Å²) in [4.78, 5) is 23.3. The highest BCUT2D eigenvalue weighted by atomic mass is 16.5. The highest BCUT2D eigenvalue weighted by Crippen LogP contribution is 2.14. The average Bonchev–Trinajstić information content (AvgIpc) is 2.67. The third-order valence-corrected chi connectivity index (χ3v) is 3.76. The molecule has 2 N–H and O–H groups in total. The lowest BCUT2D eigenvalue weighted by Gasteiger charge is -2.05. The molecule has 0 aromatic heterocycles. The number of aryl methyl sites for hydroxylation is 1. The summed E-state index contributed by atoms with van der Waals surface area (Å²) in [5, 5.41) is 5.42. The minimum absolute atomic E-state index is 0.0156. The molecule has 0 spiro atoms. The number of carbonyl (C=O) groups is 2. The van der Waals surface area contributed by atoms with Crippen LogP contribution in [0.5, 0.6) is 5.75 Å². The number of benzene rings is 2. The maximum absolute atomic E-state index is 12.0. The third kappa shape index (κ3) is 6.43. The van der Waals surface area contributed by atoms with Crippen molar-refractivity contribution in [2.24, 2.45) is 0 Å². The van der Waals surface area contributed by atoms with Crippen molar-refractivity contribution in [3.05, 3.63) is 65.7 Å². The van der Waals surface area contributed by atoms with Gasteiger partial charge in [0.15, 0.2) is 0 Å². The van der Waals surface area contributed by atoms with E-state index in [2.05, 4.69) is 10.6 Å². The van der Waals surface area contributed by atoms with E-state index in [1.54, 1.807) is 13.1 Å². The lowest BCUT2D eigenvalue weighted by molar-refractivity contribution is -0.120. The van der Waals surface area contributed by atoms with Gasteiger partial charge < -0.3 is 15.4 Å². The quantitative estimate of drug-likeness (QED) is 0.716. The molecule has 0 aliphatic heterocycles. The molecule has 0 heterocycles. The number of hydrogen-bond acceptors (Lipinski definition) is 3. The fourth-order valence-corrected chi connectivity index (χ4v) is 2.34. The second-order valence-corrected chi connectivity index (χ2v) is 5.69. The van der Waals surface area contributed by atoms with E-state index in [1.807, 2.05) is 55.5 Å². The van der Waals surface area contributed by atoms with E-state index in [-0.39, 0.29) is 11.8 Å². The molecule has 5 heteroatoms. The van der Waals surface area contributed by atoms with Crippen molar-refractivity contribution in [1.29, 1.82) is 0 Å². The van der Waals surface area contributed by atoms with E-state index in [0.717, 1.165) is 22.6 Å². The number of amides is 2. The lowest BCUT2D eigenvalue weighted by atomic mass is 10.1. The van der Waals surface area contributed by atoms with Gasteiger partial charge in [0.1, 0.15) is 5.75 Å². The van der Waals surface area contributed by atoms with Crippen molar-refractivity contribution in [1.82, 2.24) is 5.32 Å². The normalized spacial score (nSPS) is 10.5. The Morgan fingerprint density at radius 1 is 1.04 bits per heavy atom. The van der Waals surface area contributed by atoms with Crippen molar-refractivity contribution >= 4 is 23.6 Å². The lowest BCUT2D eigenvalue weighted by Crippen LogP contribution is -2.17. The first kappa shape index (κ1) is 19.2. The van der Waals surface area contributed by atoms with Gasteiger partial charge in [0.2, 0.25) is 11.8 Å². The fraction of sp³-hybridized carbons (Fsp3) is 0.238. The molecule has 0 radical (unpaired) electrons. The standard InChI is InChI=1S/C21H24N2O3/c1-3-26-19-12-6-17(7-13-19)9-15-21(25)23-18-10-4-16(5-11-18)8-14-20(24)22-2/h4-7,9-13,15H,3,8,14H2,1-2H3,(H,22,24)(H,23,25)/b15-9+. The first-order chi connectivity index (χ1) is 12.6. The number of nitrogens with one attached hydrogen (secondary N) is 2. The zero-order valence-corrected chi connectivity index (χ0v) is 15.1. The molecule has 2 aromatic carbocycles. The van der Waals surface area contributed by atoms with Gasteiger partial charge in [-0.1, -0.05) is 24.3 Å². The molecule has 2 amide bonds. The summed E-state index contributed by atoms with van der Waals surface area (Å²) in [6.07, 6.45) is 4.37. The van der Waals surface area contributed by atoms with Gasteiger partial charge in [-0.3, -0.25) is 9.59 Å². The molecule has 0 bridgehead atoms. The van der Waals surface area contributed by atoms with Crippen LogP contribution in [0.15, 0.2) is 54.6 Å². The van der Waals surface area contributed by atoms with Crippen molar-refractivity contribution in [3.63, 3.8) is 0 Å². The first-order valence-corrected chi connectivity index (χ1v) is 8.62. The molecule has 26 heavy (non-hydrogen) atoms. The van der Waals surface area contributed by atoms with E-state index in [4.69, 9.17) is 4.74 Å². The number of anilines is 1. The number of rotatable bonds is 8. The zero-order chi connectivity index (χ0) is 18.8. The van der Waals surface area contributed by atoms with Crippen LogP contribution in [0, 0.1) is 0 Å². The summed E-state index contributed by atoms with van der Waals surface area (Å²) < 4.78 is 5.39. The molecule has 2 aromatic rings. The Labute approximate surface area is 154 Å². The van der Waals surface area contributed by atoms with Crippen molar-refractivity contribution in [3.8, 4) is 5.75 Å². The van der Waals surface area contributed by atoms with Gasteiger partial charge in [0, 0.05) is 25.2 Å². The predicted octanol–water partition coefficient (Wildman–Crippen LogP) is 3.42.